The molecule has 0 aliphatic rings. The van der Waals surface area contributed by atoms with Crippen molar-refractivity contribution in [3.63, 3.8) is 0 Å². The molecule has 0 saturated carbocycles. The molecule has 0 rings (SSSR count). The number of aliphatic hydroxyl groups is 1. The van der Waals surface area contributed by atoms with Crippen molar-refractivity contribution < 1.29 is 39.0 Å². The van der Waals surface area contributed by atoms with Gasteiger partial charge in [0.25, 0.3) is 0 Å². The van der Waals surface area contributed by atoms with Crippen LogP contribution in [-0.4, -0.2) is 96.1 Å². The van der Waals surface area contributed by atoms with E-state index in [0.717, 1.165) is 0 Å². The molecule has 0 heterocycles. The van der Waals surface area contributed by atoms with E-state index in [1.807, 2.05) is 0 Å². The van der Waals surface area contributed by atoms with Gasteiger partial charge in [0, 0.05) is 0 Å². The summed E-state index contributed by atoms with van der Waals surface area (Å²) in [5.41, 5.74) is 21.8. The Labute approximate surface area is 214 Å². The number of nitrogens with two attached hydrogens (primary N) is 4. The van der Waals surface area contributed by atoms with E-state index in [0.29, 0.717) is 45.2 Å². The van der Waals surface area contributed by atoms with Gasteiger partial charge in [-0.25, -0.2) is 4.79 Å². The zero-order valence-corrected chi connectivity index (χ0v) is 20.7. The topological polar surface area (TPSA) is 295 Å². The number of carbonyl (C=O) groups is 6. The first-order valence-electron chi connectivity index (χ1n) is 11.9. The minimum absolute atomic E-state index is 0.114. The zero-order chi connectivity index (χ0) is 28.4. The van der Waals surface area contributed by atoms with Crippen LogP contribution in [0.3, 0.4) is 0 Å². The van der Waals surface area contributed by atoms with E-state index in [9.17, 15) is 28.8 Å². The highest BCUT2D eigenvalue weighted by molar-refractivity contribution is 5.95. The molecule has 16 heteroatoms. The van der Waals surface area contributed by atoms with E-state index in [1.54, 1.807) is 0 Å². The maximum absolute atomic E-state index is 12.5. The number of carboxylic acids is 1. The molecular formula is C21H40N8O8. The summed E-state index contributed by atoms with van der Waals surface area (Å²) in [6.45, 7) is -0.726. The van der Waals surface area contributed by atoms with Crippen molar-refractivity contribution >= 4 is 35.5 Å². The van der Waals surface area contributed by atoms with Gasteiger partial charge in [0.15, 0.2) is 0 Å². The number of aliphatic hydroxyl groups excluding tert-OH is 1. The third-order valence-electron chi connectivity index (χ3n) is 5.16. The van der Waals surface area contributed by atoms with Crippen molar-refractivity contribution in [3.8, 4) is 0 Å². The molecule has 16 nitrogen and oxygen atoms in total. The van der Waals surface area contributed by atoms with Crippen molar-refractivity contribution in [2.24, 2.45) is 22.9 Å². The van der Waals surface area contributed by atoms with Gasteiger partial charge in [-0.05, 0) is 45.2 Å². The van der Waals surface area contributed by atoms with E-state index in [-0.39, 0.29) is 6.42 Å². The van der Waals surface area contributed by atoms with E-state index in [4.69, 9.17) is 33.1 Å². The van der Waals surface area contributed by atoms with Gasteiger partial charge < -0.3 is 54.4 Å². The van der Waals surface area contributed by atoms with Gasteiger partial charge >= 0.3 is 5.97 Å². The molecule has 37 heavy (non-hydrogen) atoms. The predicted octanol–water partition coefficient (Wildman–Crippen LogP) is -4.91. The van der Waals surface area contributed by atoms with Crippen LogP contribution >= 0.6 is 0 Å². The number of carboxylic acid groups (broad SMARTS) is 1. The Morgan fingerprint density at radius 1 is 0.730 bits per heavy atom. The molecule has 5 amide bonds. The molecule has 0 spiro atoms. The third-order valence-corrected chi connectivity index (χ3v) is 5.16. The molecule has 0 aromatic carbocycles. The van der Waals surface area contributed by atoms with Crippen molar-refractivity contribution in [1.29, 1.82) is 0 Å². The lowest BCUT2D eigenvalue weighted by Crippen LogP contribution is -2.56. The zero-order valence-electron chi connectivity index (χ0n) is 20.7. The lowest BCUT2D eigenvalue weighted by atomic mass is 10.1. The normalized spacial score (nSPS) is 13.9. The molecule has 0 radical (unpaired) electrons. The standard InChI is InChI=1S/C21H40N8O8/c22-7-3-1-5-12(24)18(33)28-14(9-16(25)31)19(34)26-10-17(32)27-13(6-2-4-8-23)20(35)29-15(11-30)21(36)37/h12-15,30H,1-11,22-24H2,(H2,25,31)(H,26,34)(H,27,32)(H,28,33)(H,29,35)(H,36,37). The fourth-order valence-corrected chi connectivity index (χ4v) is 3.08. The first kappa shape index (κ1) is 33.7. The minimum Gasteiger partial charge on any atom is -0.480 e. The number of hydrogen-bond acceptors (Lipinski definition) is 10. The Bertz CT molecular complexity index is 782. The van der Waals surface area contributed by atoms with Crippen LogP contribution in [0.2, 0.25) is 0 Å². The van der Waals surface area contributed by atoms with E-state index in [1.165, 1.54) is 0 Å². The van der Waals surface area contributed by atoms with Crippen molar-refractivity contribution in [2.75, 3.05) is 26.2 Å². The van der Waals surface area contributed by atoms with Crippen LogP contribution in [-0.2, 0) is 28.8 Å². The summed E-state index contributed by atoms with van der Waals surface area (Å²) < 4.78 is 0. The third kappa shape index (κ3) is 14.7. The molecule has 0 saturated heterocycles. The van der Waals surface area contributed by atoms with Crippen LogP contribution in [0.25, 0.3) is 0 Å². The van der Waals surface area contributed by atoms with E-state index >= 15 is 0 Å². The van der Waals surface area contributed by atoms with Crippen molar-refractivity contribution in [3.05, 3.63) is 0 Å². The highest BCUT2D eigenvalue weighted by Gasteiger charge is 2.28. The Kier molecular flexibility index (Phi) is 17.2. The van der Waals surface area contributed by atoms with Crippen molar-refractivity contribution in [2.45, 2.75) is 69.1 Å². The maximum Gasteiger partial charge on any atom is 0.328 e. The fourth-order valence-electron chi connectivity index (χ4n) is 3.08. The van der Waals surface area contributed by atoms with Crippen LogP contribution in [0.4, 0.5) is 0 Å². The monoisotopic (exact) mass is 532 g/mol. The Balaban J connectivity index is 5.11. The highest BCUT2D eigenvalue weighted by atomic mass is 16.4. The van der Waals surface area contributed by atoms with Gasteiger partial charge in [0.2, 0.25) is 29.5 Å². The summed E-state index contributed by atoms with van der Waals surface area (Å²) in [5, 5.41) is 27.2. The predicted molar refractivity (Wildman–Crippen MR) is 131 cm³/mol. The lowest BCUT2D eigenvalue weighted by Gasteiger charge is -2.22. The maximum atomic E-state index is 12.5. The number of nitrogens with one attached hydrogen (secondary N) is 4. The van der Waals surface area contributed by atoms with Crippen LogP contribution < -0.4 is 44.2 Å². The van der Waals surface area contributed by atoms with Crippen LogP contribution in [0.5, 0.6) is 0 Å². The molecule has 0 fully saturated rings. The second-order valence-corrected chi connectivity index (χ2v) is 8.33. The molecule has 0 aliphatic carbocycles. The summed E-state index contributed by atoms with van der Waals surface area (Å²) in [7, 11) is 0. The average molecular weight is 533 g/mol. The Morgan fingerprint density at radius 3 is 1.81 bits per heavy atom. The fraction of sp³-hybridized carbons (Fsp3) is 0.714. The Hall–Kier alpha value is -3.34. The van der Waals surface area contributed by atoms with Gasteiger partial charge in [-0.2, -0.15) is 0 Å². The van der Waals surface area contributed by atoms with Gasteiger partial charge in [0.1, 0.15) is 18.1 Å². The first-order valence-corrected chi connectivity index (χ1v) is 11.9. The van der Waals surface area contributed by atoms with Gasteiger partial charge in [-0.15, -0.1) is 0 Å². The SMILES string of the molecule is NCCCCC(N)C(=O)NC(CC(N)=O)C(=O)NCC(=O)NC(CCCCN)C(=O)NC(CO)C(=O)O. The highest BCUT2D eigenvalue weighted by Crippen LogP contribution is 2.03. The lowest BCUT2D eigenvalue weighted by molar-refractivity contribution is -0.143. The molecule has 14 N–H and O–H groups in total. The van der Waals surface area contributed by atoms with Crippen LogP contribution in [0.1, 0.15) is 44.9 Å². The molecule has 0 bridgehead atoms. The quantitative estimate of drug-likeness (QED) is 0.0662. The van der Waals surface area contributed by atoms with Crippen molar-refractivity contribution in [1.82, 2.24) is 21.3 Å². The van der Waals surface area contributed by atoms with Gasteiger partial charge in [0.05, 0.1) is 25.6 Å². The smallest absolute Gasteiger partial charge is 0.328 e. The molecule has 212 valence electrons. The largest absolute Gasteiger partial charge is 0.480 e. The number of amides is 5. The summed E-state index contributed by atoms with van der Waals surface area (Å²) in [4.78, 5) is 72.1. The second-order valence-electron chi connectivity index (χ2n) is 8.33. The number of rotatable bonds is 20. The number of aliphatic carboxylic acids is 1. The van der Waals surface area contributed by atoms with Gasteiger partial charge in [-0.3, -0.25) is 24.0 Å². The summed E-state index contributed by atoms with van der Waals surface area (Å²) in [6.07, 6.45) is 2.08. The number of hydrogen-bond donors (Lipinski definition) is 10. The van der Waals surface area contributed by atoms with E-state index in [2.05, 4.69) is 21.3 Å². The summed E-state index contributed by atoms with van der Waals surface area (Å²) in [5.74, 6) is -5.56. The van der Waals surface area contributed by atoms with E-state index < -0.39 is 79.2 Å². The minimum atomic E-state index is -1.57. The van der Waals surface area contributed by atoms with Gasteiger partial charge in [-0.1, -0.05) is 6.42 Å². The number of primary amides is 1. The second kappa shape index (κ2) is 18.9. The Morgan fingerprint density at radius 2 is 1.30 bits per heavy atom. The average Bonchev–Trinajstić information content (AvgIpc) is 2.84. The number of unbranched alkanes of at least 4 members (excludes halogenated alkanes) is 2. The molecule has 0 aromatic heterocycles. The summed E-state index contributed by atoms with van der Waals surface area (Å²) in [6, 6.07) is -5.07. The molecule has 0 aromatic rings. The molecule has 0 aliphatic heterocycles. The first-order chi connectivity index (χ1) is 17.5. The molecule has 4 atom stereocenters. The van der Waals surface area contributed by atoms with Crippen LogP contribution in [0, 0.1) is 0 Å². The summed E-state index contributed by atoms with van der Waals surface area (Å²) >= 11 is 0. The van der Waals surface area contributed by atoms with Crippen LogP contribution in [0.15, 0.2) is 0 Å². The molecule has 4 unspecified atom stereocenters. The number of carbonyl (C=O) groups excluding carboxylic acids is 5. The molecular weight excluding hydrogens is 492 g/mol.